The van der Waals surface area contributed by atoms with Gasteiger partial charge >= 0.3 is 0 Å². The molecule has 2 atom stereocenters. The first-order chi connectivity index (χ1) is 13.0. The Kier molecular flexibility index (Phi) is 4.62. The number of hydrogen-bond donors (Lipinski definition) is 1. The smallest absolute Gasteiger partial charge is 0.251 e. The normalized spacial score (nSPS) is 21.5. The van der Waals surface area contributed by atoms with Gasteiger partial charge in [0.15, 0.2) is 0 Å². The van der Waals surface area contributed by atoms with Gasteiger partial charge in [-0.3, -0.25) is 4.79 Å². The molecule has 0 saturated carbocycles. The Morgan fingerprint density at radius 2 is 1.89 bits per heavy atom. The molecule has 2 aromatic rings. The molecular weight excluding hydrogens is 338 g/mol. The molecule has 4 rings (SSSR count). The van der Waals surface area contributed by atoms with Crippen molar-refractivity contribution in [1.29, 1.82) is 0 Å². The SMILES string of the molecule is COc1ccc(C2CC3C(=O)N(Cc4ccc(C)cc4C)C=CN3N2)cc1. The topological polar surface area (TPSA) is 44.8 Å². The number of hydrazine groups is 1. The largest absolute Gasteiger partial charge is 0.497 e. The molecule has 0 radical (unpaired) electrons. The molecule has 140 valence electrons. The fraction of sp³-hybridized carbons (Fsp3) is 0.318. The van der Waals surface area contributed by atoms with Crippen molar-refractivity contribution in [3.8, 4) is 5.75 Å². The monoisotopic (exact) mass is 363 g/mol. The van der Waals surface area contributed by atoms with Gasteiger partial charge in [0.05, 0.1) is 19.7 Å². The standard InChI is InChI=1S/C22H25N3O2/c1-15-4-5-18(16(2)12-15)14-24-10-11-25-21(22(24)26)13-20(23-25)17-6-8-19(27-3)9-7-17/h4-12,20-21,23H,13-14H2,1-3H3. The lowest BCUT2D eigenvalue weighted by molar-refractivity contribution is -0.134. The van der Waals surface area contributed by atoms with Crippen LogP contribution in [0.2, 0.25) is 0 Å². The average Bonchev–Trinajstić information content (AvgIpc) is 3.11. The first-order valence-corrected chi connectivity index (χ1v) is 9.28. The summed E-state index contributed by atoms with van der Waals surface area (Å²) in [5.41, 5.74) is 8.25. The molecule has 2 unspecified atom stereocenters. The summed E-state index contributed by atoms with van der Waals surface area (Å²) in [4.78, 5) is 14.9. The Bertz CT molecular complexity index is 876. The van der Waals surface area contributed by atoms with Gasteiger partial charge in [-0.1, -0.05) is 35.9 Å². The summed E-state index contributed by atoms with van der Waals surface area (Å²) >= 11 is 0. The second kappa shape index (κ2) is 7.08. The number of amides is 1. The van der Waals surface area contributed by atoms with Crippen molar-refractivity contribution in [2.24, 2.45) is 0 Å². The minimum atomic E-state index is -0.173. The van der Waals surface area contributed by atoms with Crippen molar-refractivity contribution in [2.45, 2.75) is 38.9 Å². The number of rotatable bonds is 4. The molecule has 0 aromatic heterocycles. The van der Waals surface area contributed by atoms with Crippen LogP contribution in [0.1, 0.15) is 34.7 Å². The highest BCUT2D eigenvalue weighted by Gasteiger charge is 2.39. The summed E-state index contributed by atoms with van der Waals surface area (Å²) in [5, 5.41) is 1.94. The Hall–Kier alpha value is -2.79. The van der Waals surface area contributed by atoms with Gasteiger partial charge in [-0.2, -0.15) is 0 Å². The molecule has 1 N–H and O–H groups in total. The van der Waals surface area contributed by atoms with Crippen molar-refractivity contribution < 1.29 is 9.53 Å². The molecule has 5 heteroatoms. The van der Waals surface area contributed by atoms with Gasteiger partial charge in [0.2, 0.25) is 0 Å². The van der Waals surface area contributed by atoms with Gasteiger partial charge in [0.1, 0.15) is 11.8 Å². The number of aryl methyl sites for hydroxylation is 2. The van der Waals surface area contributed by atoms with E-state index in [1.54, 1.807) is 7.11 Å². The molecule has 5 nitrogen and oxygen atoms in total. The van der Waals surface area contributed by atoms with E-state index in [2.05, 4.69) is 49.6 Å². The van der Waals surface area contributed by atoms with Gasteiger partial charge in [0.25, 0.3) is 5.91 Å². The minimum absolute atomic E-state index is 0.121. The number of fused-ring (bicyclic) bond motifs is 1. The number of hydrogen-bond acceptors (Lipinski definition) is 4. The van der Waals surface area contributed by atoms with Gasteiger partial charge < -0.3 is 14.6 Å². The number of carbonyl (C=O) groups is 1. The maximum Gasteiger partial charge on any atom is 0.251 e. The van der Waals surface area contributed by atoms with E-state index in [0.29, 0.717) is 6.54 Å². The van der Waals surface area contributed by atoms with Crippen LogP contribution in [0.3, 0.4) is 0 Å². The lowest BCUT2D eigenvalue weighted by atomic mass is 10.00. The highest BCUT2D eigenvalue weighted by molar-refractivity contribution is 5.84. The van der Waals surface area contributed by atoms with E-state index in [-0.39, 0.29) is 18.0 Å². The molecule has 0 aliphatic carbocycles. The van der Waals surface area contributed by atoms with E-state index in [9.17, 15) is 4.79 Å². The second-order valence-corrected chi connectivity index (χ2v) is 7.31. The predicted octanol–water partition coefficient (Wildman–Crippen LogP) is 3.45. The molecule has 2 aliphatic heterocycles. The maximum absolute atomic E-state index is 13.0. The zero-order valence-corrected chi connectivity index (χ0v) is 16.0. The Morgan fingerprint density at radius 1 is 1.11 bits per heavy atom. The number of ether oxygens (including phenoxy) is 1. The highest BCUT2D eigenvalue weighted by Crippen LogP contribution is 2.32. The van der Waals surface area contributed by atoms with Crippen LogP contribution in [-0.4, -0.2) is 29.0 Å². The average molecular weight is 363 g/mol. The quantitative estimate of drug-likeness (QED) is 0.904. The molecule has 1 amide bonds. The molecule has 1 saturated heterocycles. The van der Waals surface area contributed by atoms with Crippen LogP contribution in [0, 0.1) is 13.8 Å². The lowest BCUT2D eigenvalue weighted by Gasteiger charge is -2.32. The molecule has 1 fully saturated rings. The Balaban J connectivity index is 1.48. The van der Waals surface area contributed by atoms with E-state index in [0.717, 1.165) is 17.7 Å². The number of nitrogens with zero attached hydrogens (tertiary/aromatic N) is 2. The summed E-state index contributed by atoms with van der Waals surface area (Å²) in [5.74, 6) is 0.978. The second-order valence-electron chi connectivity index (χ2n) is 7.31. The third-order valence-corrected chi connectivity index (χ3v) is 5.43. The Morgan fingerprint density at radius 3 is 2.59 bits per heavy atom. The van der Waals surface area contributed by atoms with Crippen LogP contribution in [0.4, 0.5) is 0 Å². The summed E-state index contributed by atoms with van der Waals surface area (Å²) in [6.07, 6.45) is 4.60. The fourth-order valence-corrected chi connectivity index (χ4v) is 3.83. The Labute approximate surface area is 160 Å². The fourth-order valence-electron chi connectivity index (χ4n) is 3.83. The van der Waals surface area contributed by atoms with Gasteiger partial charge in [-0.15, -0.1) is 0 Å². The molecule has 0 bridgehead atoms. The molecule has 2 aromatic carbocycles. The predicted molar refractivity (Wildman–Crippen MR) is 105 cm³/mol. The van der Waals surface area contributed by atoms with E-state index < -0.39 is 0 Å². The van der Waals surface area contributed by atoms with Crippen LogP contribution in [0.15, 0.2) is 54.9 Å². The van der Waals surface area contributed by atoms with Crippen molar-refractivity contribution in [3.63, 3.8) is 0 Å². The third kappa shape index (κ3) is 3.43. The van der Waals surface area contributed by atoms with Crippen molar-refractivity contribution in [1.82, 2.24) is 15.3 Å². The summed E-state index contributed by atoms with van der Waals surface area (Å²) in [6, 6.07) is 14.3. The lowest BCUT2D eigenvalue weighted by Crippen LogP contribution is -2.47. The molecule has 0 spiro atoms. The number of methoxy groups -OCH3 is 1. The summed E-state index contributed by atoms with van der Waals surface area (Å²) < 4.78 is 5.23. The van der Waals surface area contributed by atoms with Crippen LogP contribution in [-0.2, 0) is 11.3 Å². The van der Waals surface area contributed by atoms with Crippen LogP contribution < -0.4 is 10.2 Å². The van der Waals surface area contributed by atoms with Crippen molar-refractivity contribution in [2.75, 3.05) is 7.11 Å². The summed E-state index contributed by atoms with van der Waals surface area (Å²) in [7, 11) is 1.66. The van der Waals surface area contributed by atoms with E-state index in [1.807, 2.05) is 34.4 Å². The van der Waals surface area contributed by atoms with E-state index in [1.165, 1.54) is 16.7 Å². The van der Waals surface area contributed by atoms with Crippen LogP contribution in [0.5, 0.6) is 5.75 Å². The van der Waals surface area contributed by atoms with Crippen LogP contribution in [0.25, 0.3) is 0 Å². The molecular formula is C22H25N3O2. The number of nitrogens with one attached hydrogen (secondary N) is 1. The summed E-state index contributed by atoms with van der Waals surface area (Å²) in [6.45, 7) is 4.80. The van der Waals surface area contributed by atoms with Crippen molar-refractivity contribution in [3.05, 3.63) is 77.1 Å². The highest BCUT2D eigenvalue weighted by atomic mass is 16.5. The van der Waals surface area contributed by atoms with Gasteiger partial charge in [-0.25, -0.2) is 5.43 Å². The van der Waals surface area contributed by atoms with Crippen molar-refractivity contribution >= 4 is 5.91 Å². The molecule has 2 heterocycles. The van der Waals surface area contributed by atoms with Crippen LogP contribution >= 0.6 is 0 Å². The minimum Gasteiger partial charge on any atom is -0.497 e. The molecule has 2 aliphatic rings. The third-order valence-electron chi connectivity index (χ3n) is 5.43. The molecule has 27 heavy (non-hydrogen) atoms. The maximum atomic E-state index is 13.0. The van der Waals surface area contributed by atoms with Gasteiger partial charge in [-0.05, 0) is 49.1 Å². The van der Waals surface area contributed by atoms with E-state index >= 15 is 0 Å². The first-order valence-electron chi connectivity index (χ1n) is 9.28. The van der Waals surface area contributed by atoms with E-state index in [4.69, 9.17) is 4.74 Å². The number of benzene rings is 2. The zero-order valence-electron chi connectivity index (χ0n) is 16.0. The zero-order chi connectivity index (χ0) is 19.0. The van der Waals surface area contributed by atoms with Gasteiger partial charge in [0, 0.05) is 12.4 Å². The number of carbonyl (C=O) groups excluding carboxylic acids is 1. The first kappa shape index (κ1) is 17.6.